The van der Waals surface area contributed by atoms with Crippen molar-refractivity contribution in [2.75, 3.05) is 5.75 Å². The summed E-state index contributed by atoms with van der Waals surface area (Å²) >= 11 is 1.33. The zero-order chi connectivity index (χ0) is 22.3. The van der Waals surface area contributed by atoms with E-state index in [9.17, 15) is 4.79 Å². The fourth-order valence-corrected chi connectivity index (χ4v) is 4.42. The van der Waals surface area contributed by atoms with Crippen LogP contribution in [-0.2, 0) is 16.8 Å². The predicted molar refractivity (Wildman–Crippen MR) is 129 cm³/mol. The molecule has 1 aliphatic rings. The van der Waals surface area contributed by atoms with Gasteiger partial charge in [-0.15, -0.1) is 10.2 Å². The van der Waals surface area contributed by atoms with Gasteiger partial charge in [-0.3, -0.25) is 4.79 Å². The molecule has 1 amide bonds. The molecule has 32 heavy (non-hydrogen) atoms. The van der Waals surface area contributed by atoms with Crippen LogP contribution in [-0.4, -0.2) is 37.5 Å². The Bertz CT molecular complexity index is 1290. The zero-order valence-electron chi connectivity index (χ0n) is 18.6. The van der Waals surface area contributed by atoms with E-state index in [0.717, 1.165) is 34.9 Å². The standard InChI is InChI=1S/C25H27N5OS/c1-25(2,3)17-10-8-16(9-11-17)14-30-20-7-5-4-6-19(20)22-23(30)27-24(29-28-22)32-15-21(31)26-18-12-13-18/h4-11,18H,12-15H2,1-3H3,(H,26,31). The second-order valence-corrected chi connectivity index (χ2v) is 10.4. The molecule has 164 valence electrons. The molecule has 0 bridgehead atoms. The highest BCUT2D eigenvalue weighted by Gasteiger charge is 2.23. The van der Waals surface area contributed by atoms with Gasteiger partial charge in [0, 0.05) is 18.0 Å². The minimum absolute atomic E-state index is 0.0284. The van der Waals surface area contributed by atoms with E-state index < -0.39 is 0 Å². The van der Waals surface area contributed by atoms with E-state index in [4.69, 9.17) is 4.98 Å². The number of carbonyl (C=O) groups is 1. The van der Waals surface area contributed by atoms with Crippen LogP contribution in [0.5, 0.6) is 0 Å². The monoisotopic (exact) mass is 445 g/mol. The minimum atomic E-state index is 0.0284. The molecule has 6 nitrogen and oxygen atoms in total. The van der Waals surface area contributed by atoms with Crippen molar-refractivity contribution in [1.82, 2.24) is 25.1 Å². The molecule has 0 spiro atoms. The Morgan fingerprint density at radius 2 is 1.84 bits per heavy atom. The van der Waals surface area contributed by atoms with Gasteiger partial charge in [-0.1, -0.05) is 75.0 Å². The zero-order valence-corrected chi connectivity index (χ0v) is 19.4. The van der Waals surface area contributed by atoms with Crippen LogP contribution >= 0.6 is 11.8 Å². The van der Waals surface area contributed by atoms with Gasteiger partial charge in [-0.25, -0.2) is 4.98 Å². The van der Waals surface area contributed by atoms with Gasteiger partial charge in [0.25, 0.3) is 0 Å². The Labute approximate surface area is 191 Å². The number of thioether (sulfide) groups is 1. The Morgan fingerprint density at radius 1 is 1.09 bits per heavy atom. The van der Waals surface area contributed by atoms with Gasteiger partial charge < -0.3 is 9.88 Å². The molecule has 0 atom stereocenters. The Balaban J connectivity index is 1.47. The van der Waals surface area contributed by atoms with Crippen LogP contribution in [0.25, 0.3) is 22.1 Å². The number of amides is 1. The molecule has 4 aromatic rings. The maximum atomic E-state index is 12.1. The third kappa shape index (κ3) is 4.35. The van der Waals surface area contributed by atoms with Gasteiger partial charge in [0.15, 0.2) is 5.65 Å². The molecule has 0 aliphatic heterocycles. The smallest absolute Gasteiger partial charge is 0.230 e. The first-order chi connectivity index (χ1) is 15.4. The highest BCUT2D eigenvalue weighted by Crippen LogP contribution is 2.29. The molecule has 5 rings (SSSR count). The van der Waals surface area contributed by atoms with Gasteiger partial charge in [0.05, 0.1) is 11.3 Å². The molecule has 1 aliphatic carbocycles. The average molecular weight is 446 g/mol. The van der Waals surface area contributed by atoms with E-state index in [1.807, 2.05) is 12.1 Å². The molecule has 2 aromatic carbocycles. The first-order valence-electron chi connectivity index (χ1n) is 11.0. The van der Waals surface area contributed by atoms with Gasteiger partial charge in [0.2, 0.25) is 11.1 Å². The van der Waals surface area contributed by atoms with E-state index in [0.29, 0.717) is 23.5 Å². The lowest BCUT2D eigenvalue weighted by Crippen LogP contribution is -2.27. The average Bonchev–Trinajstić information content (AvgIpc) is 3.54. The number of benzene rings is 2. The molecule has 7 heteroatoms. The summed E-state index contributed by atoms with van der Waals surface area (Å²) in [5.41, 5.74) is 5.32. The van der Waals surface area contributed by atoms with Crippen LogP contribution < -0.4 is 5.32 Å². The number of rotatable bonds is 6. The van der Waals surface area contributed by atoms with Crippen molar-refractivity contribution in [1.29, 1.82) is 0 Å². The maximum absolute atomic E-state index is 12.1. The second-order valence-electron chi connectivity index (χ2n) is 9.45. The molecule has 2 aromatic heterocycles. The summed E-state index contributed by atoms with van der Waals surface area (Å²) in [6.45, 7) is 7.37. The highest BCUT2D eigenvalue weighted by atomic mass is 32.2. The molecule has 0 radical (unpaired) electrons. The molecule has 0 unspecified atom stereocenters. The highest BCUT2D eigenvalue weighted by molar-refractivity contribution is 7.99. The number of fused-ring (bicyclic) bond motifs is 3. The van der Waals surface area contributed by atoms with Crippen molar-refractivity contribution in [2.45, 2.75) is 56.8 Å². The van der Waals surface area contributed by atoms with Crippen molar-refractivity contribution in [3.05, 3.63) is 59.7 Å². The Morgan fingerprint density at radius 3 is 2.56 bits per heavy atom. The van der Waals surface area contributed by atoms with Crippen molar-refractivity contribution in [3.63, 3.8) is 0 Å². The summed E-state index contributed by atoms with van der Waals surface area (Å²) in [7, 11) is 0. The van der Waals surface area contributed by atoms with Crippen molar-refractivity contribution >= 4 is 39.7 Å². The fraction of sp³-hybridized carbons (Fsp3) is 0.360. The fourth-order valence-electron chi connectivity index (χ4n) is 3.83. The number of nitrogens with zero attached hydrogens (tertiary/aromatic N) is 4. The summed E-state index contributed by atoms with van der Waals surface area (Å²) in [5.74, 6) is 0.332. The summed E-state index contributed by atoms with van der Waals surface area (Å²) < 4.78 is 2.19. The quantitative estimate of drug-likeness (QED) is 0.436. The number of hydrogen-bond donors (Lipinski definition) is 1. The van der Waals surface area contributed by atoms with Crippen LogP contribution in [0, 0.1) is 0 Å². The number of hydrogen-bond acceptors (Lipinski definition) is 5. The molecular formula is C25H27N5OS. The van der Waals surface area contributed by atoms with E-state index in [2.05, 4.69) is 77.3 Å². The van der Waals surface area contributed by atoms with Gasteiger partial charge in [0.1, 0.15) is 5.52 Å². The summed E-state index contributed by atoms with van der Waals surface area (Å²) in [4.78, 5) is 16.9. The second kappa shape index (κ2) is 8.20. The van der Waals surface area contributed by atoms with Crippen molar-refractivity contribution in [2.24, 2.45) is 0 Å². The normalized spacial score (nSPS) is 14.2. The lowest BCUT2D eigenvalue weighted by molar-refractivity contribution is -0.118. The molecule has 1 N–H and O–H groups in total. The van der Waals surface area contributed by atoms with Gasteiger partial charge in [-0.05, 0) is 35.4 Å². The summed E-state index contributed by atoms with van der Waals surface area (Å²) in [6, 6.07) is 17.3. The number of para-hydroxylation sites is 1. The van der Waals surface area contributed by atoms with Crippen LogP contribution in [0.15, 0.2) is 53.7 Å². The lowest BCUT2D eigenvalue weighted by atomic mass is 9.87. The van der Waals surface area contributed by atoms with E-state index in [-0.39, 0.29) is 11.3 Å². The molecule has 1 fully saturated rings. The topological polar surface area (TPSA) is 72.7 Å². The summed E-state index contributed by atoms with van der Waals surface area (Å²) in [5, 5.41) is 13.3. The number of nitrogens with one attached hydrogen (secondary N) is 1. The van der Waals surface area contributed by atoms with Crippen molar-refractivity contribution < 1.29 is 4.79 Å². The van der Waals surface area contributed by atoms with Gasteiger partial charge >= 0.3 is 0 Å². The Kier molecular flexibility index (Phi) is 5.37. The third-order valence-electron chi connectivity index (χ3n) is 5.79. The summed E-state index contributed by atoms with van der Waals surface area (Å²) in [6.07, 6.45) is 2.16. The SMILES string of the molecule is CC(C)(C)c1ccc(Cn2c3ccccc3c3nnc(SCC(=O)NC4CC4)nc32)cc1. The van der Waals surface area contributed by atoms with Crippen molar-refractivity contribution in [3.8, 4) is 0 Å². The molecule has 0 saturated heterocycles. The van der Waals surface area contributed by atoms with Crippen LogP contribution in [0.2, 0.25) is 0 Å². The first kappa shape index (κ1) is 20.9. The lowest BCUT2D eigenvalue weighted by Gasteiger charge is -2.19. The van der Waals surface area contributed by atoms with Crippen LogP contribution in [0.3, 0.4) is 0 Å². The maximum Gasteiger partial charge on any atom is 0.230 e. The largest absolute Gasteiger partial charge is 0.353 e. The van der Waals surface area contributed by atoms with E-state index in [1.54, 1.807) is 0 Å². The minimum Gasteiger partial charge on any atom is -0.353 e. The Hall–Kier alpha value is -2.93. The van der Waals surface area contributed by atoms with Crippen LogP contribution in [0.4, 0.5) is 0 Å². The molecular weight excluding hydrogens is 418 g/mol. The van der Waals surface area contributed by atoms with Gasteiger partial charge in [-0.2, -0.15) is 0 Å². The number of aromatic nitrogens is 4. The predicted octanol–water partition coefficient (Wildman–Crippen LogP) is 4.70. The molecule has 1 saturated carbocycles. The molecule has 2 heterocycles. The van der Waals surface area contributed by atoms with Crippen LogP contribution in [0.1, 0.15) is 44.7 Å². The van der Waals surface area contributed by atoms with E-state index >= 15 is 0 Å². The number of carbonyl (C=O) groups excluding carboxylic acids is 1. The third-order valence-corrected chi connectivity index (χ3v) is 6.63. The first-order valence-corrected chi connectivity index (χ1v) is 12.0. The van der Waals surface area contributed by atoms with E-state index in [1.165, 1.54) is 22.9 Å².